The highest BCUT2D eigenvalue weighted by molar-refractivity contribution is 8.13. The summed E-state index contributed by atoms with van der Waals surface area (Å²) in [4.78, 5) is 4.41. The summed E-state index contributed by atoms with van der Waals surface area (Å²) in [6.45, 7) is 0. The van der Waals surface area contributed by atoms with Gasteiger partial charge in [0, 0.05) is 10.6 Å². The number of rotatable bonds is 3. The molecule has 108 valence electrons. The lowest BCUT2D eigenvalue weighted by molar-refractivity contribution is 0.474. The molecule has 0 fully saturated rings. The van der Waals surface area contributed by atoms with Crippen molar-refractivity contribution in [2.75, 3.05) is 6.26 Å². The van der Waals surface area contributed by atoms with Crippen LogP contribution in [0.3, 0.4) is 0 Å². The highest BCUT2D eigenvalue weighted by Crippen LogP contribution is 2.19. The number of aromatic hydroxyl groups is 1. The molecule has 2 rings (SSSR count). The van der Waals surface area contributed by atoms with Gasteiger partial charge in [-0.05, 0) is 36.6 Å². The monoisotopic (exact) mass is 319 g/mol. The fourth-order valence-corrected chi connectivity index (χ4v) is 2.04. The number of hydrazone groups is 1. The van der Waals surface area contributed by atoms with Crippen molar-refractivity contribution in [2.45, 2.75) is 0 Å². The summed E-state index contributed by atoms with van der Waals surface area (Å²) in [5.41, 5.74) is 4.22. The fraction of sp³-hybridized carbons (Fsp3) is 0.0667. The SMILES string of the molecule is CSC(=Nc1ccccc1)NN=Cc1cc(Cl)ccc1O. The summed E-state index contributed by atoms with van der Waals surface area (Å²) in [7, 11) is 0. The maximum atomic E-state index is 9.68. The molecule has 0 saturated carbocycles. The topological polar surface area (TPSA) is 57.0 Å². The fourth-order valence-electron chi connectivity index (χ4n) is 1.52. The predicted molar refractivity (Wildman–Crippen MR) is 90.9 cm³/mol. The van der Waals surface area contributed by atoms with Gasteiger partial charge in [-0.25, -0.2) is 4.99 Å². The summed E-state index contributed by atoms with van der Waals surface area (Å²) >= 11 is 7.32. The van der Waals surface area contributed by atoms with Crippen LogP contribution in [0.2, 0.25) is 5.02 Å². The van der Waals surface area contributed by atoms with Gasteiger partial charge in [0.25, 0.3) is 0 Å². The number of phenols is 1. The van der Waals surface area contributed by atoms with Crippen molar-refractivity contribution < 1.29 is 5.11 Å². The Labute approximate surface area is 132 Å². The zero-order valence-corrected chi connectivity index (χ0v) is 12.9. The third-order valence-corrected chi connectivity index (χ3v) is 3.34. The first-order valence-electron chi connectivity index (χ1n) is 6.14. The average Bonchev–Trinajstić information content (AvgIpc) is 2.50. The van der Waals surface area contributed by atoms with Crippen molar-refractivity contribution in [3.8, 4) is 5.75 Å². The first kappa shape index (κ1) is 15.4. The molecule has 0 unspecified atom stereocenters. The van der Waals surface area contributed by atoms with E-state index in [1.165, 1.54) is 24.0 Å². The normalized spacial score (nSPS) is 11.8. The quantitative estimate of drug-likeness (QED) is 0.510. The number of benzene rings is 2. The van der Waals surface area contributed by atoms with Crippen molar-refractivity contribution in [3.63, 3.8) is 0 Å². The number of halogens is 1. The molecular formula is C15H14ClN3OS. The lowest BCUT2D eigenvalue weighted by Gasteiger charge is -2.03. The standard InChI is InChI=1S/C15H14ClN3OS/c1-21-15(18-13-5-3-2-4-6-13)19-17-10-11-9-12(16)7-8-14(11)20/h2-10,20H,1H3,(H,18,19). The van der Waals surface area contributed by atoms with Crippen LogP contribution < -0.4 is 5.43 Å². The second-order valence-electron chi connectivity index (χ2n) is 4.03. The van der Waals surface area contributed by atoms with Gasteiger partial charge in [0.1, 0.15) is 5.75 Å². The molecule has 4 nitrogen and oxygen atoms in total. The molecule has 0 atom stereocenters. The Morgan fingerprint density at radius 1 is 1.24 bits per heavy atom. The van der Waals surface area contributed by atoms with E-state index in [0.29, 0.717) is 15.8 Å². The molecule has 0 aromatic heterocycles. The first-order chi connectivity index (χ1) is 10.2. The van der Waals surface area contributed by atoms with E-state index in [0.717, 1.165) is 5.69 Å². The Bertz CT molecular complexity index is 659. The van der Waals surface area contributed by atoms with Gasteiger partial charge in [-0.2, -0.15) is 5.10 Å². The minimum absolute atomic E-state index is 0.121. The van der Waals surface area contributed by atoms with Crippen LogP contribution in [0, 0.1) is 0 Å². The van der Waals surface area contributed by atoms with Crippen LogP contribution in [-0.2, 0) is 0 Å². The highest BCUT2D eigenvalue weighted by atomic mass is 35.5. The molecule has 0 aliphatic heterocycles. The lowest BCUT2D eigenvalue weighted by Crippen LogP contribution is -2.13. The number of hydrogen-bond donors (Lipinski definition) is 2. The average molecular weight is 320 g/mol. The molecule has 2 N–H and O–H groups in total. The van der Waals surface area contributed by atoms with Crippen LogP contribution in [0.4, 0.5) is 5.69 Å². The molecule has 0 radical (unpaired) electrons. The van der Waals surface area contributed by atoms with Crippen LogP contribution >= 0.6 is 23.4 Å². The summed E-state index contributed by atoms with van der Waals surface area (Å²) in [5, 5.41) is 14.9. The maximum absolute atomic E-state index is 9.68. The number of phenolic OH excluding ortho intramolecular Hbond substituents is 1. The zero-order chi connectivity index (χ0) is 15.1. The van der Waals surface area contributed by atoms with Crippen LogP contribution in [-0.4, -0.2) is 22.7 Å². The van der Waals surface area contributed by atoms with Crippen LogP contribution in [0.15, 0.2) is 58.6 Å². The zero-order valence-electron chi connectivity index (χ0n) is 11.3. The van der Waals surface area contributed by atoms with E-state index in [-0.39, 0.29) is 5.75 Å². The molecular weight excluding hydrogens is 306 g/mol. The second kappa shape index (κ2) is 7.71. The number of para-hydroxylation sites is 1. The Balaban J connectivity index is 2.08. The van der Waals surface area contributed by atoms with E-state index in [2.05, 4.69) is 15.5 Å². The number of aliphatic imine (C=N–C) groups is 1. The molecule has 21 heavy (non-hydrogen) atoms. The number of nitrogens with one attached hydrogen (secondary N) is 1. The van der Waals surface area contributed by atoms with Gasteiger partial charge in [0.05, 0.1) is 11.9 Å². The van der Waals surface area contributed by atoms with Gasteiger partial charge < -0.3 is 5.11 Å². The number of amidine groups is 1. The lowest BCUT2D eigenvalue weighted by atomic mass is 10.2. The van der Waals surface area contributed by atoms with Gasteiger partial charge in [0.2, 0.25) is 0 Å². The smallest absolute Gasteiger partial charge is 0.182 e. The molecule has 6 heteroatoms. The number of nitrogens with zero attached hydrogens (tertiary/aromatic N) is 2. The van der Waals surface area contributed by atoms with E-state index in [9.17, 15) is 5.11 Å². The third-order valence-electron chi connectivity index (χ3n) is 2.53. The van der Waals surface area contributed by atoms with Gasteiger partial charge in [-0.1, -0.05) is 41.6 Å². The Morgan fingerprint density at radius 2 is 2.00 bits per heavy atom. The molecule has 0 saturated heterocycles. The summed E-state index contributed by atoms with van der Waals surface area (Å²) in [6.07, 6.45) is 3.40. The van der Waals surface area contributed by atoms with Crippen molar-refractivity contribution in [1.82, 2.24) is 5.43 Å². The largest absolute Gasteiger partial charge is 0.507 e. The molecule has 0 amide bonds. The van der Waals surface area contributed by atoms with Crippen LogP contribution in [0.25, 0.3) is 0 Å². The molecule has 0 aliphatic carbocycles. The van der Waals surface area contributed by atoms with Gasteiger partial charge in [-0.15, -0.1) is 0 Å². The minimum Gasteiger partial charge on any atom is -0.507 e. The van der Waals surface area contributed by atoms with Gasteiger partial charge in [0.15, 0.2) is 5.17 Å². The maximum Gasteiger partial charge on any atom is 0.182 e. The summed E-state index contributed by atoms with van der Waals surface area (Å²) in [6, 6.07) is 14.4. The van der Waals surface area contributed by atoms with Crippen LogP contribution in [0.5, 0.6) is 5.75 Å². The van der Waals surface area contributed by atoms with Crippen molar-refractivity contribution in [3.05, 3.63) is 59.1 Å². The third kappa shape index (κ3) is 4.81. The molecule has 0 bridgehead atoms. The van der Waals surface area contributed by atoms with Crippen molar-refractivity contribution in [1.29, 1.82) is 0 Å². The van der Waals surface area contributed by atoms with Crippen LogP contribution in [0.1, 0.15) is 5.56 Å². The van der Waals surface area contributed by atoms with E-state index in [1.807, 2.05) is 36.6 Å². The second-order valence-corrected chi connectivity index (χ2v) is 5.26. The van der Waals surface area contributed by atoms with Crippen molar-refractivity contribution in [2.24, 2.45) is 10.1 Å². The van der Waals surface area contributed by atoms with E-state index in [1.54, 1.807) is 12.1 Å². The number of hydrogen-bond acceptors (Lipinski definition) is 4. The summed E-state index contributed by atoms with van der Waals surface area (Å²) < 4.78 is 0. The molecule has 0 spiro atoms. The van der Waals surface area contributed by atoms with E-state index < -0.39 is 0 Å². The minimum atomic E-state index is 0.121. The Hall–Kier alpha value is -1.98. The van der Waals surface area contributed by atoms with E-state index >= 15 is 0 Å². The molecule has 2 aromatic rings. The Morgan fingerprint density at radius 3 is 2.71 bits per heavy atom. The highest BCUT2D eigenvalue weighted by Gasteiger charge is 1.99. The number of thioether (sulfide) groups is 1. The molecule has 0 heterocycles. The Kier molecular flexibility index (Phi) is 5.66. The van der Waals surface area contributed by atoms with Gasteiger partial charge >= 0.3 is 0 Å². The summed E-state index contributed by atoms with van der Waals surface area (Å²) in [5.74, 6) is 0.121. The predicted octanol–water partition coefficient (Wildman–Crippen LogP) is 4.02. The van der Waals surface area contributed by atoms with Gasteiger partial charge in [-0.3, -0.25) is 5.43 Å². The van der Waals surface area contributed by atoms with E-state index in [4.69, 9.17) is 11.6 Å². The van der Waals surface area contributed by atoms with Crippen molar-refractivity contribution >= 4 is 40.4 Å². The molecule has 2 aromatic carbocycles. The first-order valence-corrected chi connectivity index (χ1v) is 7.74. The molecule has 0 aliphatic rings.